The number of benzene rings is 2. The summed E-state index contributed by atoms with van der Waals surface area (Å²) in [5.74, 6) is 2.29. The molecular weight excluding hydrogens is 370 g/mol. The van der Waals surface area contributed by atoms with Gasteiger partial charge in [0.05, 0.1) is 34.1 Å². The highest BCUT2D eigenvalue weighted by Crippen LogP contribution is 2.31. The minimum Gasteiger partial charge on any atom is -0.496 e. The molecule has 0 aliphatic carbocycles. The summed E-state index contributed by atoms with van der Waals surface area (Å²) in [6, 6.07) is 14.9. The van der Waals surface area contributed by atoms with E-state index in [0.717, 1.165) is 11.1 Å². The van der Waals surface area contributed by atoms with Crippen molar-refractivity contribution in [3.63, 3.8) is 0 Å². The van der Waals surface area contributed by atoms with Crippen LogP contribution in [-0.2, 0) is 11.3 Å². The van der Waals surface area contributed by atoms with E-state index in [2.05, 4.69) is 10.4 Å². The van der Waals surface area contributed by atoms with E-state index >= 15 is 0 Å². The van der Waals surface area contributed by atoms with Crippen molar-refractivity contribution in [1.29, 1.82) is 0 Å². The average Bonchev–Trinajstić information content (AvgIpc) is 3.18. The second-order valence-electron chi connectivity index (χ2n) is 6.09. The molecule has 1 N–H and O–H groups in total. The van der Waals surface area contributed by atoms with Gasteiger partial charge in [0.2, 0.25) is 5.91 Å². The number of methoxy groups -OCH3 is 3. The summed E-state index contributed by atoms with van der Waals surface area (Å²) in [6.07, 6.45) is 4.80. The first kappa shape index (κ1) is 20.0. The van der Waals surface area contributed by atoms with Crippen LogP contribution in [0.15, 0.2) is 60.8 Å². The van der Waals surface area contributed by atoms with E-state index in [4.69, 9.17) is 14.2 Å². The van der Waals surface area contributed by atoms with Crippen LogP contribution in [0.2, 0.25) is 0 Å². The highest BCUT2D eigenvalue weighted by Gasteiger charge is 2.12. The van der Waals surface area contributed by atoms with Crippen LogP contribution in [0.5, 0.6) is 17.2 Å². The number of amides is 1. The van der Waals surface area contributed by atoms with Gasteiger partial charge in [-0.2, -0.15) is 5.10 Å². The molecule has 150 valence electrons. The minimum absolute atomic E-state index is 0.268. The molecule has 3 rings (SSSR count). The van der Waals surface area contributed by atoms with Gasteiger partial charge in [-0.1, -0.05) is 30.3 Å². The van der Waals surface area contributed by atoms with Crippen molar-refractivity contribution in [2.24, 2.45) is 0 Å². The monoisotopic (exact) mass is 393 g/mol. The van der Waals surface area contributed by atoms with Crippen LogP contribution in [0.1, 0.15) is 11.1 Å². The molecule has 1 amide bonds. The van der Waals surface area contributed by atoms with Crippen LogP contribution >= 0.6 is 0 Å². The molecule has 0 bridgehead atoms. The predicted molar refractivity (Wildman–Crippen MR) is 112 cm³/mol. The Bertz CT molecular complexity index is 1010. The van der Waals surface area contributed by atoms with Gasteiger partial charge in [0.25, 0.3) is 0 Å². The van der Waals surface area contributed by atoms with Gasteiger partial charge < -0.3 is 19.5 Å². The number of carbonyl (C=O) groups excluding carboxylic acids is 1. The number of nitrogens with one attached hydrogen (secondary N) is 1. The van der Waals surface area contributed by atoms with Gasteiger partial charge in [0.1, 0.15) is 11.6 Å². The maximum atomic E-state index is 12.4. The number of nitrogens with zero attached hydrogens (tertiary/aromatic N) is 2. The Morgan fingerprint density at radius 2 is 1.76 bits per heavy atom. The summed E-state index contributed by atoms with van der Waals surface area (Å²) < 4.78 is 17.8. The number of hydrogen-bond donors (Lipinski definition) is 1. The van der Waals surface area contributed by atoms with Crippen molar-refractivity contribution in [1.82, 2.24) is 9.78 Å². The van der Waals surface area contributed by atoms with E-state index in [1.54, 1.807) is 44.4 Å². The quantitative estimate of drug-likeness (QED) is 0.592. The molecule has 0 radical (unpaired) electrons. The van der Waals surface area contributed by atoms with E-state index in [9.17, 15) is 4.79 Å². The van der Waals surface area contributed by atoms with Gasteiger partial charge in [0.15, 0.2) is 11.5 Å². The summed E-state index contributed by atoms with van der Waals surface area (Å²) in [5, 5.41) is 7.15. The molecule has 0 aliphatic rings. The number of rotatable bonds is 8. The number of hydrogen-bond acceptors (Lipinski definition) is 5. The highest BCUT2D eigenvalue weighted by atomic mass is 16.5. The summed E-state index contributed by atoms with van der Waals surface area (Å²) in [5.41, 5.74) is 1.70. The normalized spacial score (nSPS) is 10.7. The topological polar surface area (TPSA) is 74.6 Å². The fourth-order valence-corrected chi connectivity index (χ4v) is 2.94. The molecule has 7 nitrogen and oxygen atoms in total. The number of para-hydroxylation sites is 2. The van der Waals surface area contributed by atoms with E-state index in [1.165, 1.54) is 6.08 Å². The zero-order chi connectivity index (χ0) is 20.6. The number of ether oxygens (including phenoxy) is 3. The van der Waals surface area contributed by atoms with E-state index in [-0.39, 0.29) is 5.91 Å². The second-order valence-corrected chi connectivity index (χ2v) is 6.09. The Labute approximate surface area is 169 Å². The molecule has 1 heterocycles. The molecule has 0 unspecified atom stereocenters. The van der Waals surface area contributed by atoms with E-state index < -0.39 is 0 Å². The van der Waals surface area contributed by atoms with Crippen molar-refractivity contribution in [3.05, 3.63) is 71.9 Å². The van der Waals surface area contributed by atoms with Gasteiger partial charge >= 0.3 is 0 Å². The lowest BCUT2D eigenvalue weighted by molar-refractivity contribution is -0.111. The summed E-state index contributed by atoms with van der Waals surface area (Å²) in [6.45, 7) is 0.416. The Morgan fingerprint density at radius 3 is 2.52 bits per heavy atom. The van der Waals surface area contributed by atoms with Crippen LogP contribution in [0.3, 0.4) is 0 Å². The van der Waals surface area contributed by atoms with Gasteiger partial charge in [-0.15, -0.1) is 0 Å². The average molecular weight is 393 g/mol. The molecule has 3 aromatic rings. The lowest BCUT2D eigenvalue weighted by atomic mass is 10.2. The number of carbonyl (C=O) groups is 1. The summed E-state index contributed by atoms with van der Waals surface area (Å²) >= 11 is 0. The third kappa shape index (κ3) is 4.76. The van der Waals surface area contributed by atoms with Gasteiger partial charge in [-0.05, 0) is 18.2 Å². The van der Waals surface area contributed by atoms with Crippen LogP contribution in [0.4, 0.5) is 5.82 Å². The SMILES string of the molecule is COc1ccccc1/C=C/C(=O)Nc1ccnn1Cc1cccc(OC)c1OC. The minimum atomic E-state index is -0.268. The zero-order valence-electron chi connectivity index (χ0n) is 16.6. The van der Waals surface area contributed by atoms with Gasteiger partial charge in [-0.25, -0.2) is 4.68 Å². The van der Waals surface area contributed by atoms with Gasteiger partial charge in [0, 0.05) is 23.3 Å². The zero-order valence-corrected chi connectivity index (χ0v) is 16.6. The molecule has 0 fully saturated rings. The third-order valence-electron chi connectivity index (χ3n) is 4.33. The molecule has 0 saturated carbocycles. The highest BCUT2D eigenvalue weighted by molar-refractivity contribution is 6.01. The van der Waals surface area contributed by atoms with Crippen molar-refractivity contribution in [2.45, 2.75) is 6.54 Å². The summed E-state index contributed by atoms with van der Waals surface area (Å²) in [7, 11) is 4.78. The van der Waals surface area contributed by atoms with Crippen LogP contribution in [-0.4, -0.2) is 37.0 Å². The van der Waals surface area contributed by atoms with Crippen LogP contribution in [0, 0.1) is 0 Å². The standard InChI is InChI=1S/C22H23N3O4/c1-27-18-9-5-4-7-16(18)11-12-21(26)24-20-13-14-23-25(20)15-17-8-6-10-19(28-2)22(17)29-3/h4-14H,15H2,1-3H3,(H,24,26)/b12-11+. The maximum Gasteiger partial charge on any atom is 0.249 e. The Hall–Kier alpha value is -3.74. The van der Waals surface area contributed by atoms with E-state index in [1.807, 2.05) is 42.5 Å². The smallest absolute Gasteiger partial charge is 0.249 e. The number of anilines is 1. The van der Waals surface area contributed by atoms with Crippen molar-refractivity contribution in [3.8, 4) is 17.2 Å². The molecule has 2 aromatic carbocycles. The number of aromatic nitrogens is 2. The Kier molecular flexibility index (Phi) is 6.52. The first-order valence-corrected chi connectivity index (χ1v) is 9.00. The Morgan fingerprint density at radius 1 is 1.00 bits per heavy atom. The fourth-order valence-electron chi connectivity index (χ4n) is 2.94. The summed E-state index contributed by atoms with van der Waals surface area (Å²) in [4.78, 5) is 12.4. The maximum absolute atomic E-state index is 12.4. The van der Waals surface area contributed by atoms with Crippen molar-refractivity contribution < 1.29 is 19.0 Å². The molecule has 0 spiro atoms. The lowest BCUT2D eigenvalue weighted by Crippen LogP contribution is -2.14. The molecule has 0 aliphatic heterocycles. The van der Waals surface area contributed by atoms with Crippen molar-refractivity contribution in [2.75, 3.05) is 26.6 Å². The van der Waals surface area contributed by atoms with E-state index in [0.29, 0.717) is 29.6 Å². The van der Waals surface area contributed by atoms with Gasteiger partial charge in [-0.3, -0.25) is 4.79 Å². The predicted octanol–water partition coefficient (Wildman–Crippen LogP) is 3.61. The van der Waals surface area contributed by atoms with Crippen LogP contribution < -0.4 is 19.5 Å². The largest absolute Gasteiger partial charge is 0.496 e. The Balaban J connectivity index is 1.74. The fraction of sp³-hybridized carbons (Fsp3) is 0.182. The first-order chi connectivity index (χ1) is 14.2. The lowest BCUT2D eigenvalue weighted by Gasteiger charge is -2.14. The van der Waals surface area contributed by atoms with Crippen LogP contribution in [0.25, 0.3) is 6.08 Å². The molecule has 0 atom stereocenters. The molecule has 0 saturated heterocycles. The third-order valence-corrected chi connectivity index (χ3v) is 4.33. The second kappa shape index (κ2) is 9.45. The molecule has 7 heteroatoms. The van der Waals surface area contributed by atoms with Crippen molar-refractivity contribution >= 4 is 17.8 Å². The first-order valence-electron chi connectivity index (χ1n) is 9.00. The molecular formula is C22H23N3O4. The molecule has 1 aromatic heterocycles. The molecule has 29 heavy (non-hydrogen) atoms.